The predicted molar refractivity (Wildman–Crippen MR) is 231 cm³/mol. The number of nitrogens with zero attached hydrogens (tertiary/aromatic N) is 2. The Bertz CT molecular complexity index is 1610. The van der Waals surface area contributed by atoms with Gasteiger partial charge in [-0.05, 0) is 97.4 Å². The lowest BCUT2D eigenvalue weighted by Crippen LogP contribution is -2.42. The zero-order chi connectivity index (χ0) is 42.7. The highest BCUT2D eigenvalue weighted by atomic mass is 32.2. The fourth-order valence-corrected chi connectivity index (χ4v) is 8.59. The Morgan fingerprint density at radius 3 is 2.52 bits per heavy atom. The average molecular weight is 851 g/mol. The normalized spacial score (nSPS) is 14.8. The van der Waals surface area contributed by atoms with Gasteiger partial charge in [-0.2, -0.15) is 0 Å². The minimum absolute atomic E-state index is 0.0386. The summed E-state index contributed by atoms with van der Waals surface area (Å²) >= 11 is 3.06. The van der Waals surface area contributed by atoms with E-state index in [4.69, 9.17) is 10.5 Å². The fraction of sp³-hybridized carbons (Fsp3) is 0.732. The number of amides is 4. The second-order valence-electron chi connectivity index (χ2n) is 16.6. The molecule has 1 aliphatic rings. The van der Waals surface area contributed by atoms with Gasteiger partial charge >= 0.3 is 0 Å². The highest BCUT2D eigenvalue weighted by Crippen LogP contribution is 2.36. The predicted octanol–water partition coefficient (Wildman–Crippen LogP) is 4.97. The number of nitrogens with one attached hydrogen (secondary N) is 5. The number of anilines is 1. The van der Waals surface area contributed by atoms with Gasteiger partial charge < -0.3 is 47.3 Å². The molecule has 4 amide bonds. The molecule has 2 heterocycles. The lowest BCUT2D eigenvalue weighted by atomic mass is 9.88. The highest BCUT2D eigenvalue weighted by Gasteiger charge is 2.29. The minimum Gasteiger partial charge on any atom is -0.494 e. The van der Waals surface area contributed by atoms with Gasteiger partial charge in [0.1, 0.15) is 0 Å². The third-order valence-electron chi connectivity index (χ3n) is 10.4. The number of nitrogens with two attached hydrogens (primary N) is 1. The molecule has 0 bridgehead atoms. The Balaban J connectivity index is 1.22. The molecule has 0 saturated carbocycles. The molecule has 328 valence electrons. The van der Waals surface area contributed by atoms with Gasteiger partial charge in [-0.25, -0.2) is 4.98 Å². The summed E-state index contributed by atoms with van der Waals surface area (Å²) < 4.78 is 7.63. The molecule has 0 spiro atoms. The Morgan fingerprint density at radius 1 is 1.03 bits per heavy atom. The molecule has 0 saturated heterocycles. The van der Waals surface area contributed by atoms with Crippen molar-refractivity contribution in [3.05, 3.63) is 16.6 Å². The molecule has 15 nitrogen and oxygen atoms in total. The van der Waals surface area contributed by atoms with Gasteiger partial charge in [0.15, 0.2) is 11.0 Å². The monoisotopic (exact) mass is 850 g/mol. The summed E-state index contributed by atoms with van der Waals surface area (Å²) in [6.45, 7) is 14.8. The number of unbranched alkanes of at least 4 members (excludes halogenated alkanes) is 3. The van der Waals surface area contributed by atoms with Crippen molar-refractivity contribution in [2.24, 2.45) is 11.1 Å². The molecular formula is C41H70N8O7S2. The molecule has 17 heteroatoms. The van der Waals surface area contributed by atoms with E-state index in [9.17, 15) is 29.4 Å². The van der Waals surface area contributed by atoms with Crippen LogP contribution in [0.4, 0.5) is 5.13 Å². The molecule has 0 aromatic carbocycles. The number of rotatable bonds is 29. The minimum atomic E-state index is -0.696. The van der Waals surface area contributed by atoms with E-state index >= 15 is 0 Å². The Hall–Kier alpha value is -3.38. The van der Waals surface area contributed by atoms with Crippen molar-refractivity contribution in [1.82, 2.24) is 30.8 Å². The van der Waals surface area contributed by atoms with E-state index in [1.807, 2.05) is 27.7 Å². The number of carbonyl (C=O) groups excluding carboxylic acids is 4. The van der Waals surface area contributed by atoms with Crippen molar-refractivity contribution in [1.29, 1.82) is 0 Å². The fourth-order valence-electron chi connectivity index (χ4n) is 6.49. The number of aryl methyl sites for hydroxylation is 1. The van der Waals surface area contributed by atoms with Crippen LogP contribution in [0.15, 0.2) is 11.0 Å². The van der Waals surface area contributed by atoms with Crippen LogP contribution in [-0.4, -0.2) is 99.6 Å². The molecule has 2 aromatic rings. The van der Waals surface area contributed by atoms with Crippen molar-refractivity contribution in [2.45, 2.75) is 154 Å². The molecule has 0 radical (unpaired) electrons. The van der Waals surface area contributed by atoms with Gasteiger partial charge in [-0.3, -0.25) is 23.7 Å². The maximum atomic E-state index is 12.5. The van der Waals surface area contributed by atoms with Gasteiger partial charge in [0.2, 0.25) is 29.5 Å². The summed E-state index contributed by atoms with van der Waals surface area (Å²) in [7, 11) is 0. The maximum Gasteiger partial charge on any atom is 0.236 e. The Morgan fingerprint density at radius 2 is 1.78 bits per heavy atom. The van der Waals surface area contributed by atoms with Gasteiger partial charge in [0.05, 0.1) is 22.7 Å². The summed E-state index contributed by atoms with van der Waals surface area (Å²) in [5.41, 5.74) is 5.10. The zero-order valence-electron chi connectivity index (χ0n) is 35.6. The Labute approximate surface area is 353 Å². The van der Waals surface area contributed by atoms with E-state index in [-0.39, 0.29) is 54.9 Å². The summed E-state index contributed by atoms with van der Waals surface area (Å²) in [4.78, 5) is 54.6. The molecule has 58 heavy (non-hydrogen) atoms. The number of aromatic nitrogens is 2. The molecular weight excluding hydrogens is 781 g/mol. The van der Waals surface area contributed by atoms with Gasteiger partial charge in [-0.15, -0.1) is 23.1 Å². The van der Waals surface area contributed by atoms with Crippen LogP contribution in [0.2, 0.25) is 0 Å². The van der Waals surface area contributed by atoms with Gasteiger partial charge in [0, 0.05) is 61.0 Å². The molecule has 2 aromatic heterocycles. The van der Waals surface area contributed by atoms with Crippen LogP contribution < -0.4 is 32.3 Å². The number of ether oxygens (including phenoxy) is 1. The number of hydrogen-bond acceptors (Lipinski definition) is 12. The van der Waals surface area contributed by atoms with Crippen LogP contribution in [-0.2, 0) is 43.3 Å². The SMILES string of the molecule is CCCNC1CCc2nc(NC(=O)CCC(=O)NCCCCCCSc3cc(O)n(CCC(C)NCCC(C)(C)OCCC(C)(C)C(=O)NCC(N)=O)c3O)sc2C1. The lowest BCUT2D eigenvalue weighted by Gasteiger charge is -2.29. The summed E-state index contributed by atoms with van der Waals surface area (Å²) in [5, 5.41) is 37.4. The molecule has 0 aliphatic heterocycles. The van der Waals surface area contributed by atoms with E-state index in [0.29, 0.717) is 55.2 Å². The molecule has 2 atom stereocenters. The summed E-state index contributed by atoms with van der Waals surface area (Å²) in [6, 6.07) is 2.21. The third kappa shape index (κ3) is 17.9. The first kappa shape index (κ1) is 49.0. The zero-order valence-corrected chi connectivity index (χ0v) is 37.2. The molecule has 0 fully saturated rings. The van der Waals surface area contributed by atoms with Crippen molar-refractivity contribution < 1.29 is 34.1 Å². The molecule has 3 rings (SSSR count). The highest BCUT2D eigenvalue weighted by molar-refractivity contribution is 7.99. The topological polar surface area (TPSA) is 222 Å². The molecule has 1 aliphatic carbocycles. The quantitative estimate of drug-likeness (QED) is 0.0403. The van der Waals surface area contributed by atoms with Crippen LogP contribution >= 0.6 is 23.1 Å². The van der Waals surface area contributed by atoms with Crippen LogP contribution in [0.1, 0.15) is 123 Å². The van der Waals surface area contributed by atoms with Crippen LogP contribution in [0.25, 0.3) is 0 Å². The number of thiazole rings is 1. The smallest absolute Gasteiger partial charge is 0.236 e. The number of thioether (sulfide) groups is 1. The van der Waals surface area contributed by atoms with Crippen LogP contribution in [0.5, 0.6) is 11.8 Å². The number of aromatic hydroxyl groups is 2. The first-order valence-electron chi connectivity index (χ1n) is 21.0. The van der Waals surface area contributed by atoms with E-state index in [1.54, 1.807) is 17.4 Å². The van der Waals surface area contributed by atoms with Crippen molar-refractivity contribution in [3.8, 4) is 11.8 Å². The Kier molecular flexibility index (Phi) is 20.8. The van der Waals surface area contributed by atoms with Crippen LogP contribution in [0.3, 0.4) is 0 Å². The van der Waals surface area contributed by atoms with Crippen molar-refractivity contribution in [2.75, 3.05) is 43.9 Å². The van der Waals surface area contributed by atoms with E-state index < -0.39 is 16.9 Å². The number of carbonyl (C=O) groups is 4. The standard InChI is InChI=1S/C41H70N8O7S2/c1-7-19-44-29-12-13-30-31(25-29)58-39(47-30)48-35(52)15-14-34(51)45-20-10-8-9-11-24-57-32-26-36(53)49(37(32)54)22-16-28(2)43-21-17-41(5,6)56-23-18-40(3,4)38(55)46-27-33(42)50/h26,28-29,43-44,53-54H,7-25,27H2,1-6H3,(H2,42,50)(H,45,51)(H,46,55)(H,47,48,52). The van der Waals surface area contributed by atoms with Crippen molar-refractivity contribution >= 4 is 51.9 Å². The van der Waals surface area contributed by atoms with E-state index in [1.165, 1.54) is 21.2 Å². The van der Waals surface area contributed by atoms with Crippen LogP contribution in [0, 0.1) is 5.41 Å². The second kappa shape index (κ2) is 24.6. The average Bonchev–Trinajstić information content (AvgIpc) is 3.68. The first-order chi connectivity index (χ1) is 27.5. The van der Waals surface area contributed by atoms with Gasteiger partial charge in [-0.1, -0.05) is 33.6 Å². The second-order valence-corrected chi connectivity index (χ2v) is 18.8. The third-order valence-corrected chi connectivity index (χ3v) is 12.5. The summed E-state index contributed by atoms with van der Waals surface area (Å²) in [6.07, 6.45) is 9.95. The van der Waals surface area contributed by atoms with E-state index in [0.717, 1.165) is 75.8 Å². The van der Waals surface area contributed by atoms with E-state index in [2.05, 4.69) is 45.4 Å². The number of hydrogen-bond donors (Lipinski definition) is 8. The first-order valence-corrected chi connectivity index (χ1v) is 22.8. The molecule has 9 N–H and O–H groups in total. The number of fused-ring (bicyclic) bond motifs is 1. The summed E-state index contributed by atoms with van der Waals surface area (Å²) in [5.74, 6) is -0.232. The maximum absolute atomic E-state index is 12.5. The van der Waals surface area contributed by atoms with Crippen molar-refractivity contribution in [3.63, 3.8) is 0 Å². The largest absolute Gasteiger partial charge is 0.494 e. The molecule has 2 unspecified atom stereocenters. The van der Waals surface area contributed by atoms with Gasteiger partial charge in [0.25, 0.3) is 0 Å². The number of primary amides is 1. The lowest BCUT2D eigenvalue weighted by molar-refractivity contribution is -0.133.